The average molecular weight is 676 g/mol. The quantitative estimate of drug-likeness (QED) is 0.174. The van der Waals surface area contributed by atoms with Gasteiger partial charge in [-0.1, -0.05) is 57.5 Å². The summed E-state index contributed by atoms with van der Waals surface area (Å²) in [6, 6.07) is 16.7. The number of fused-ring (bicyclic) bond motifs is 1. The van der Waals surface area contributed by atoms with E-state index in [1.807, 2.05) is 25.1 Å². The predicted octanol–water partition coefficient (Wildman–Crippen LogP) is 8.98. The fraction of sp³-hybridized carbons (Fsp3) is 0.417. The minimum Gasteiger partial charge on any atom is -0.358 e. The van der Waals surface area contributed by atoms with E-state index >= 15 is 0 Å². The number of piperidine rings is 1. The Labute approximate surface area is 275 Å². The molecular formula is C36H42F5N3O2S. The summed E-state index contributed by atoms with van der Waals surface area (Å²) in [5.41, 5.74) is 4.47. The van der Waals surface area contributed by atoms with Crippen molar-refractivity contribution in [3.63, 3.8) is 0 Å². The highest BCUT2D eigenvalue weighted by molar-refractivity contribution is 7.82. The van der Waals surface area contributed by atoms with E-state index in [0.717, 1.165) is 61.2 Å². The van der Waals surface area contributed by atoms with Gasteiger partial charge in [0.25, 0.3) is 11.8 Å². The third kappa shape index (κ3) is 9.28. The molecule has 5 nitrogen and oxygen atoms in total. The fourth-order valence-corrected chi connectivity index (χ4v) is 6.97. The van der Waals surface area contributed by atoms with Gasteiger partial charge in [-0.3, -0.25) is 4.79 Å². The van der Waals surface area contributed by atoms with E-state index in [2.05, 4.69) is 24.1 Å². The van der Waals surface area contributed by atoms with Gasteiger partial charge in [-0.05, 0) is 79.6 Å². The molecule has 4 aromatic rings. The van der Waals surface area contributed by atoms with Crippen LogP contribution >= 0.6 is 0 Å². The Balaban J connectivity index is 0.000000351. The first kappa shape index (κ1) is 36.3. The van der Waals surface area contributed by atoms with Crippen LogP contribution in [0, 0.1) is 0 Å². The van der Waals surface area contributed by atoms with Gasteiger partial charge in [-0.15, -0.1) is 0 Å². The molecule has 0 spiro atoms. The molecule has 3 aromatic carbocycles. The first-order valence-electron chi connectivity index (χ1n) is 16.0. The number of nitrogens with one attached hydrogen (secondary N) is 2. The van der Waals surface area contributed by atoms with Gasteiger partial charge in [0.15, 0.2) is 0 Å². The number of amides is 1. The zero-order valence-electron chi connectivity index (χ0n) is 27.1. The molecule has 1 aliphatic rings. The van der Waals surface area contributed by atoms with Crippen molar-refractivity contribution in [3.8, 4) is 0 Å². The standard InChI is InChI=1S/C26H30F3N3O2S.C10H12F2/c1-3-6-23-21(4-2)22-15-17(9-10-24(22)31-23)25(33)30-19-11-13-32(14-12-19)35(34)20-8-5-7-18(16-20)26(27,28)29;1-3-8-4-6-9(7-5-8)10(2,11)12/h5,7-10,15-16,19,31H,3-4,6,11-14H2,1-2H3,(H,30,33);4-7H,3H2,1-2H3. The first-order valence-corrected chi connectivity index (χ1v) is 17.1. The summed E-state index contributed by atoms with van der Waals surface area (Å²) in [4.78, 5) is 16.6. The lowest BCUT2D eigenvalue weighted by Crippen LogP contribution is -2.45. The molecule has 1 fully saturated rings. The van der Waals surface area contributed by atoms with Gasteiger partial charge in [0.05, 0.1) is 10.5 Å². The SMILES string of the molecule is CCCc1[nH]c2ccc(C(=O)NC3CCN(S(=O)c4cccc(C(F)(F)F)c4)CC3)cc2c1CC.CCc1ccc(C(C)(F)F)cc1. The third-order valence-corrected chi connectivity index (χ3v) is 9.86. The molecule has 1 amide bonds. The zero-order chi connectivity index (χ0) is 34.4. The monoisotopic (exact) mass is 675 g/mol. The Bertz CT molecular complexity index is 1670. The maximum atomic E-state index is 13.0. The lowest BCUT2D eigenvalue weighted by Gasteiger charge is -2.31. The van der Waals surface area contributed by atoms with Crippen LogP contribution in [0.1, 0.15) is 85.3 Å². The number of hydrogen-bond acceptors (Lipinski definition) is 2. The van der Waals surface area contributed by atoms with Crippen LogP contribution in [-0.4, -0.2) is 38.5 Å². The van der Waals surface area contributed by atoms with Gasteiger partial charge in [0.1, 0.15) is 11.0 Å². The van der Waals surface area contributed by atoms with Gasteiger partial charge in [-0.25, -0.2) is 17.3 Å². The van der Waals surface area contributed by atoms with Crippen molar-refractivity contribution in [1.29, 1.82) is 0 Å². The number of carbonyl (C=O) groups is 1. The molecule has 1 saturated heterocycles. The molecule has 5 rings (SSSR count). The van der Waals surface area contributed by atoms with Gasteiger partial charge in [0, 0.05) is 53.8 Å². The van der Waals surface area contributed by atoms with Gasteiger partial charge >= 0.3 is 6.18 Å². The fourth-order valence-electron chi connectivity index (χ4n) is 5.71. The molecular weight excluding hydrogens is 633 g/mol. The zero-order valence-corrected chi connectivity index (χ0v) is 28.0. The summed E-state index contributed by atoms with van der Waals surface area (Å²) in [6.07, 6.45) is 0.464. The van der Waals surface area contributed by atoms with E-state index in [0.29, 0.717) is 31.5 Å². The van der Waals surface area contributed by atoms with Crippen LogP contribution in [-0.2, 0) is 42.3 Å². The Morgan fingerprint density at radius 3 is 2.17 bits per heavy atom. The number of halogens is 5. The molecule has 2 N–H and O–H groups in total. The van der Waals surface area contributed by atoms with Gasteiger partial charge in [-0.2, -0.15) is 13.2 Å². The Hall–Kier alpha value is -3.57. The van der Waals surface area contributed by atoms with Crippen molar-refractivity contribution in [3.05, 3.63) is 100 Å². The lowest BCUT2D eigenvalue weighted by atomic mass is 10.0. The Morgan fingerprint density at radius 1 is 0.915 bits per heavy atom. The summed E-state index contributed by atoms with van der Waals surface area (Å²) in [5, 5.41) is 4.15. The normalized spacial score (nSPS) is 15.3. The van der Waals surface area contributed by atoms with Gasteiger partial charge in [0.2, 0.25) is 0 Å². The van der Waals surface area contributed by atoms with Crippen molar-refractivity contribution in [2.75, 3.05) is 13.1 Å². The van der Waals surface area contributed by atoms with E-state index in [1.54, 1.807) is 16.4 Å². The van der Waals surface area contributed by atoms with Crippen LogP contribution in [0.4, 0.5) is 22.0 Å². The number of hydrogen-bond donors (Lipinski definition) is 2. The number of rotatable bonds is 9. The number of aromatic amines is 1. The maximum Gasteiger partial charge on any atom is 0.416 e. The molecule has 2 heterocycles. The van der Waals surface area contributed by atoms with Crippen molar-refractivity contribution < 1.29 is 31.0 Å². The largest absolute Gasteiger partial charge is 0.416 e. The number of aryl methyl sites for hydroxylation is 3. The predicted molar refractivity (Wildman–Crippen MR) is 177 cm³/mol. The molecule has 0 aliphatic carbocycles. The van der Waals surface area contributed by atoms with E-state index in [9.17, 15) is 31.0 Å². The molecule has 47 heavy (non-hydrogen) atoms. The van der Waals surface area contributed by atoms with Crippen LogP contribution < -0.4 is 5.32 Å². The molecule has 0 saturated carbocycles. The second-order valence-corrected chi connectivity index (χ2v) is 13.3. The summed E-state index contributed by atoms with van der Waals surface area (Å²) < 4.78 is 78.9. The smallest absolute Gasteiger partial charge is 0.358 e. The Kier molecular flexibility index (Phi) is 12.0. The second kappa shape index (κ2) is 15.6. The highest BCUT2D eigenvalue weighted by Crippen LogP contribution is 2.31. The van der Waals surface area contributed by atoms with Crippen LogP contribution in [0.5, 0.6) is 0 Å². The minimum absolute atomic E-state index is 0.0829. The number of benzene rings is 3. The van der Waals surface area contributed by atoms with Crippen molar-refractivity contribution in [2.24, 2.45) is 0 Å². The number of alkyl halides is 5. The van der Waals surface area contributed by atoms with Crippen molar-refractivity contribution in [2.45, 2.75) is 89.3 Å². The molecule has 254 valence electrons. The second-order valence-electron chi connectivity index (χ2n) is 11.8. The third-order valence-electron chi connectivity index (χ3n) is 8.37. The molecule has 1 unspecified atom stereocenters. The van der Waals surface area contributed by atoms with Crippen molar-refractivity contribution >= 4 is 27.8 Å². The maximum absolute atomic E-state index is 13.0. The molecule has 11 heteroatoms. The summed E-state index contributed by atoms with van der Waals surface area (Å²) in [7, 11) is -1.68. The molecule has 0 bridgehead atoms. The lowest BCUT2D eigenvalue weighted by molar-refractivity contribution is -0.137. The van der Waals surface area contributed by atoms with E-state index in [4.69, 9.17) is 0 Å². The van der Waals surface area contributed by atoms with E-state index < -0.39 is 28.6 Å². The van der Waals surface area contributed by atoms with Crippen LogP contribution in [0.2, 0.25) is 0 Å². The molecule has 1 aliphatic heterocycles. The van der Waals surface area contributed by atoms with E-state index in [-0.39, 0.29) is 22.4 Å². The van der Waals surface area contributed by atoms with Gasteiger partial charge < -0.3 is 10.3 Å². The summed E-state index contributed by atoms with van der Waals surface area (Å²) in [5.74, 6) is -2.86. The Morgan fingerprint density at radius 2 is 1.60 bits per heavy atom. The highest BCUT2D eigenvalue weighted by Gasteiger charge is 2.32. The number of carbonyl (C=O) groups excluding carboxylic acids is 1. The summed E-state index contributed by atoms with van der Waals surface area (Å²) in [6.45, 7) is 8.01. The number of H-pyrrole nitrogens is 1. The first-order chi connectivity index (χ1) is 22.2. The minimum atomic E-state index is -4.48. The van der Waals surface area contributed by atoms with E-state index in [1.165, 1.54) is 35.5 Å². The number of aromatic nitrogens is 1. The molecule has 0 radical (unpaired) electrons. The molecule has 1 atom stereocenters. The average Bonchev–Trinajstić information content (AvgIpc) is 3.40. The highest BCUT2D eigenvalue weighted by atomic mass is 32.2. The number of nitrogens with zero attached hydrogens (tertiary/aromatic N) is 1. The van der Waals surface area contributed by atoms with Crippen LogP contribution in [0.25, 0.3) is 10.9 Å². The topological polar surface area (TPSA) is 65.2 Å². The van der Waals surface area contributed by atoms with Crippen LogP contribution in [0.15, 0.2) is 71.6 Å². The van der Waals surface area contributed by atoms with Crippen LogP contribution in [0.3, 0.4) is 0 Å². The molecule has 1 aromatic heterocycles. The van der Waals surface area contributed by atoms with Crippen molar-refractivity contribution in [1.82, 2.24) is 14.6 Å². The summed E-state index contributed by atoms with van der Waals surface area (Å²) >= 11 is 0.